The average molecular weight is 391 g/mol. The fourth-order valence-corrected chi connectivity index (χ4v) is 5.58. The molecule has 1 aliphatic heterocycles. The monoisotopic (exact) mass is 391 g/mol. The molecule has 1 heterocycles. The topological polar surface area (TPSA) is 37.4 Å². The molecule has 1 saturated heterocycles. The van der Waals surface area contributed by atoms with Crippen molar-refractivity contribution in [1.29, 1.82) is 0 Å². The Hall–Kier alpha value is -1.17. The SMILES string of the molecule is O=C1[C@@H]2[C@@H](C(=O)N1c1ccccc1I)[C@H]1C=C[C@H]2C12CC2. The molecule has 4 aliphatic rings. The number of anilines is 1. The highest BCUT2D eigenvalue weighted by Gasteiger charge is 2.73. The number of amides is 2. The van der Waals surface area contributed by atoms with Gasteiger partial charge in [0.25, 0.3) is 0 Å². The number of carbonyl (C=O) groups excluding carboxylic acids is 2. The lowest BCUT2D eigenvalue weighted by molar-refractivity contribution is -0.123. The number of hydrogen-bond acceptors (Lipinski definition) is 2. The van der Waals surface area contributed by atoms with E-state index in [1.807, 2.05) is 24.3 Å². The maximum absolute atomic E-state index is 12.9. The van der Waals surface area contributed by atoms with Crippen LogP contribution >= 0.6 is 22.6 Å². The van der Waals surface area contributed by atoms with Gasteiger partial charge in [-0.3, -0.25) is 9.59 Å². The molecule has 2 saturated carbocycles. The number of para-hydroxylation sites is 1. The average Bonchev–Trinajstić information content (AvgIpc) is 3.07. The van der Waals surface area contributed by atoms with E-state index in [-0.39, 0.29) is 29.1 Å². The molecule has 1 aromatic rings. The lowest BCUT2D eigenvalue weighted by Gasteiger charge is -2.22. The van der Waals surface area contributed by atoms with Gasteiger partial charge in [0, 0.05) is 3.57 Å². The summed E-state index contributed by atoms with van der Waals surface area (Å²) in [6.45, 7) is 0. The second-order valence-corrected chi connectivity index (χ2v) is 7.85. The smallest absolute Gasteiger partial charge is 0.238 e. The number of fused-ring (bicyclic) bond motifs is 3. The van der Waals surface area contributed by atoms with Crippen molar-refractivity contribution in [3.63, 3.8) is 0 Å². The Labute approximate surface area is 136 Å². The Morgan fingerprint density at radius 1 is 1.00 bits per heavy atom. The van der Waals surface area contributed by atoms with Crippen molar-refractivity contribution in [2.75, 3.05) is 4.90 Å². The summed E-state index contributed by atoms with van der Waals surface area (Å²) >= 11 is 2.20. The molecule has 1 aromatic carbocycles. The highest BCUT2D eigenvalue weighted by Crippen LogP contribution is 2.73. The van der Waals surface area contributed by atoms with E-state index in [9.17, 15) is 9.59 Å². The van der Waals surface area contributed by atoms with Crippen molar-refractivity contribution in [1.82, 2.24) is 0 Å². The summed E-state index contributed by atoms with van der Waals surface area (Å²) in [4.78, 5) is 27.3. The molecular formula is C17H14INO2. The predicted octanol–water partition coefficient (Wildman–Crippen LogP) is 2.99. The van der Waals surface area contributed by atoms with Crippen LogP contribution in [0.2, 0.25) is 0 Å². The Morgan fingerprint density at radius 3 is 2.10 bits per heavy atom. The minimum atomic E-state index is -0.106. The van der Waals surface area contributed by atoms with E-state index >= 15 is 0 Å². The highest BCUT2D eigenvalue weighted by atomic mass is 127. The van der Waals surface area contributed by atoms with Crippen molar-refractivity contribution < 1.29 is 9.59 Å². The summed E-state index contributed by atoms with van der Waals surface area (Å²) in [5, 5.41) is 0. The number of carbonyl (C=O) groups is 2. The number of nitrogens with zero attached hydrogens (tertiary/aromatic N) is 1. The van der Waals surface area contributed by atoms with Gasteiger partial charge >= 0.3 is 0 Å². The second-order valence-electron chi connectivity index (χ2n) is 6.68. The van der Waals surface area contributed by atoms with Gasteiger partial charge in [-0.05, 0) is 64.8 Å². The van der Waals surface area contributed by atoms with Crippen LogP contribution in [-0.2, 0) is 9.59 Å². The van der Waals surface area contributed by atoms with E-state index < -0.39 is 0 Å². The van der Waals surface area contributed by atoms with Gasteiger partial charge in [0.1, 0.15) is 0 Å². The van der Waals surface area contributed by atoms with Crippen LogP contribution in [0.4, 0.5) is 5.69 Å². The minimum Gasteiger partial charge on any atom is -0.274 e. The van der Waals surface area contributed by atoms with Gasteiger partial charge < -0.3 is 0 Å². The molecule has 3 nitrogen and oxygen atoms in total. The normalized spacial score (nSPS) is 37.7. The third-order valence-corrected chi connectivity index (χ3v) is 6.86. The highest BCUT2D eigenvalue weighted by molar-refractivity contribution is 14.1. The molecule has 106 valence electrons. The Morgan fingerprint density at radius 2 is 1.57 bits per heavy atom. The summed E-state index contributed by atoms with van der Waals surface area (Å²) in [7, 11) is 0. The molecule has 4 atom stereocenters. The van der Waals surface area contributed by atoms with Crippen molar-refractivity contribution in [3.05, 3.63) is 40.0 Å². The van der Waals surface area contributed by atoms with E-state index in [0.717, 1.165) is 9.26 Å². The van der Waals surface area contributed by atoms with Crippen LogP contribution in [0, 0.1) is 32.7 Å². The largest absolute Gasteiger partial charge is 0.274 e. The fraction of sp³-hybridized carbons (Fsp3) is 0.412. The molecule has 21 heavy (non-hydrogen) atoms. The number of benzene rings is 1. The van der Waals surface area contributed by atoms with Crippen LogP contribution < -0.4 is 4.90 Å². The van der Waals surface area contributed by atoms with E-state index in [2.05, 4.69) is 34.7 Å². The quantitative estimate of drug-likeness (QED) is 0.420. The van der Waals surface area contributed by atoms with Crippen LogP contribution in [0.1, 0.15) is 12.8 Å². The molecule has 5 rings (SSSR count). The standard InChI is InChI=1S/C17H14INO2/c18-11-3-1-2-4-12(11)19-15(20)13-9-5-6-10(14(13)16(19)21)17(9)7-8-17/h1-6,9-10,13-14H,7-8H2/t9-,10-,13+,14+/m1/s1. The summed E-state index contributed by atoms with van der Waals surface area (Å²) in [6, 6.07) is 7.64. The molecule has 2 amide bonds. The molecule has 1 spiro atoms. The van der Waals surface area contributed by atoms with Crippen LogP contribution in [-0.4, -0.2) is 11.8 Å². The predicted molar refractivity (Wildman–Crippen MR) is 86.4 cm³/mol. The molecule has 0 unspecified atom stereocenters. The summed E-state index contributed by atoms with van der Waals surface area (Å²) in [5.74, 6) is 0.442. The van der Waals surface area contributed by atoms with Crippen molar-refractivity contribution in [3.8, 4) is 0 Å². The summed E-state index contributed by atoms with van der Waals surface area (Å²) < 4.78 is 0.957. The second kappa shape index (κ2) is 3.77. The summed E-state index contributed by atoms with van der Waals surface area (Å²) in [5.41, 5.74) is 1.03. The maximum atomic E-state index is 12.9. The van der Waals surface area contributed by atoms with Crippen LogP contribution in [0.25, 0.3) is 0 Å². The first kappa shape index (κ1) is 12.4. The minimum absolute atomic E-state index is 0.0252. The van der Waals surface area contributed by atoms with Gasteiger partial charge in [-0.25, -0.2) is 4.90 Å². The zero-order chi connectivity index (χ0) is 14.4. The first-order chi connectivity index (χ1) is 10.1. The molecule has 3 aliphatic carbocycles. The van der Waals surface area contributed by atoms with Gasteiger partial charge in [-0.15, -0.1) is 0 Å². The number of rotatable bonds is 1. The lowest BCUT2D eigenvalue weighted by Crippen LogP contribution is -2.35. The Bertz CT molecular complexity index is 687. The van der Waals surface area contributed by atoms with Crippen LogP contribution in [0.3, 0.4) is 0 Å². The van der Waals surface area contributed by atoms with E-state index in [0.29, 0.717) is 11.8 Å². The lowest BCUT2D eigenvalue weighted by atomic mass is 9.85. The van der Waals surface area contributed by atoms with Crippen molar-refractivity contribution in [2.45, 2.75) is 12.8 Å². The van der Waals surface area contributed by atoms with Crippen LogP contribution in [0.15, 0.2) is 36.4 Å². The van der Waals surface area contributed by atoms with E-state index in [1.165, 1.54) is 17.7 Å². The fourth-order valence-electron chi connectivity index (χ4n) is 4.95. The zero-order valence-corrected chi connectivity index (χ0v) is 13.5. The first-order valence-electron chi connectivity index (χ1n) is 7.46. The number of allylic oxidation sites excluding steroid dienone is 2. The molecule has 0 N–H and O–H groups in total. The zero-order valence-electron chi connectivity index (χ0n) is 11.3. The van der Waals surface area contributed by atoms with Crippen molar-refractivity contribution in [2.24, 2.45) is 29.1 Å². The Balaban J connectivity index is 1.61. The van der Waals surface area contributed by atoms with E-state index in [1.54, 1.807) is 0 Å². The van der Waals surface area contributed by atoms with Gasteiger partial charge in [0.15, 0.2) is 0 Å². The van der Waals surface area contributed by atoms with Gasteiger partial charge in [0.05, 0.1) is 17.5 Å². The number of imide groups is 1. The molecule has 0 aromatic heterocycles. The number of halogens is 1. The van der Waals surface area contributed by atoms with Gasteiger partial charge in [0.2, 0.25) is 11.8 Å². The molecule has 4 heteroatoms. The maximum Gasteiger partial charge on any atom is 0.238 e. The van der Waals surface area contributed by atoms with E-state index in [4.69, 9.17) is 0 Å². The molecular weight excluding hydrogens is 377 g/mol. The third kappa shape index (κ3) is 1.31. The molecule has 2 bridgehead atoms. The van der Waals surface area contributed by atoms with Gasteiger partial charge in [-0.2, -0.15) is 0 Å². The molecule has 3 fully saturated rings. The summed E-state index contributed by atoms with van der Waals surface area (Å²) in [6.07, 6.45) is 6.80. The first-order valence-corrected chi connectivity index (χ1v) is 8.54. The molecule has 0 radical (unpaired) electrons. The third-order valence-electron chi connectivity index (χ3n) is 5.95. The van der Waals surface area contributed by atoms with Gasteiger partial charge in [-0.1, -0.05) is 24.3 Å². The van der Waals surface area contributed by atoms with Crippen LogP contribution in [0.5, 0.6) is 0 Å². The van der Waals surface area contributed by atoms with Crippen molar-refractivity contribution >= 4 is 40.1 Å². The number of hydrogen-bond donors (Lipinski definition) is 0. The Kier molecular flexibility index (Phi) is 2.22.